The molecule has 0 unspecified atom stereocenters. The molecule has 0 saturated heterocycles. The number of pyridine rings is 1. The van der Waals surface area contributed by atoms with E-state index in [2.05, 4.69) is 31.3 Å². The summed E-state index contributed by atoms with van der Waals surface area (Å²) < 4.78 is 2.16. The Labute approximate surface area is 122 Å². The van der Waals surface area contributed by atoms with Crippen molar-refractivity contribution >= 4 is 33.6 Å². The summed E-state index contributed by atoms with van der Waals surface area (Å²) in [6.07, 6.45) is 2.92. The number of anilines is 1. The van der Waals surface area contributed by atoms with Crippen molar-refractivity contribution in [3.8, 4) is 0 Å². The maximum Gasteiger partial charge on any atom is 0.305 e. The number of rotatable bonds is 5. The summed E-state index contributed by atoms with van der Waals surface area (Å²) in [6, 6.07) is 4.93. The molecule has 0 fully saturated rings. The molecule has 2 N–H and O–H groups in total. The van der Waals surface area contributed by atoms with Gasteiger partial charge in [0, 0.05) is 16.9 Å². The largest absolute Gasteiger partial charge is 0.481 e. The van der Waals surface area contributed by atoms with Gasteiger partial charge in [0.25, 0.3) is 5.91 Å². The predicted molar refractivity (Wildman–Crippen MR) is 74.4 cm³/mol. The van der Waals surface area contributed by atoms with Gasteiger partial charge < -0.3 is 10.4 Å². The standard InChI is InChI=1S/C12H11BrN4O3/c13-8-1-2-10(14-7-8)16-12(20)9-3-5-15-17(9)6-4-11(18)19/h1-3,5,7H,4,6H2,(H,18,19)(H,14,16,20). The van der Waals surface area contributed by atoms with Crippen LogP contribution in [0.4, 0.5) is 5.82 Å². The molecule has 0 spiro atoms. The Balaban J connectivity index is 2.07. The van der Waals surface area contributed by atoms with E-state index in [1.54, 1.807) is 18.3 Å². The van der Waals surface area contributed by atoms with E-state index in [-0.39, 0.29) is 24.6 Å². The first-order valence-corrected chi connectivity index (χ1v) is 6.52. The molecule has 2 aromatic heterocycles. The smallest absolute Gasteiger partial charge is 0.305 e. The highest BCUT2D eigenvalue weighted by atomic mass is 79.9. The number of aliphatic carboxylic acids is 1. The molecule has 104 valence electrons. The highest BCUT2D eigenvalue weighted by Crippen LogP contribution is 2.11. The Hall–Kier alpha value is -2.22. The Kier molecular flexibility index (Phi) is 4.46. The van der Waals surface area contributed by atoms with Crippen LogP contribution in [0.3, 0.4) is 0 Å². The van der Waals surface area contributed by atoms with Crippen LogP contribution in [0.5, 0.6) is 0 Å². The maximum absolute atomic E-state index is 12.1. The lowest BCUT2D eigenvalue weighted by Crippen LogP contribution is -2.19. The van der Waals surface area contributed by atoms with Gasteiger partial charge in [-0.2, -0.15) is 5.10 Å². The van der Waals surface area contributed by atoms with Crippen LogP contribution < -0.4 is 5.32 Å². The number of halogens is 1. The summed E-state index contributed by atoms with van der Waals surface area (Å²) >= 11 is 3.25. The number of carboxylic acids is 1. The molecule has 0 atom stereocenters. The van der Waals surface area contributed by atoms with Crippen molar-refractivity contribution in [2.24, 2.45) is 0 Å². The highest BCUT2D eigenvalue weighted by molar-refractivity contribution is 9.10. The van der Waals surface area contributed by atoms with Gasteiger partial charge in [0.1, 0.15) is 11.5 Å². The van der Waals surface area contributed by atoms with Crippen molar-refractivity contribution in [3.05, 3.63) is 40.8 Å². The first kappa shape index (κ1) is 14.2. The van der Waals surface area contributed by atoms with E-state index in [9.17, 15) is 9.59 Å². The molecule has 0 saturated carbocycles. The van der Waals surface area contributed by atoms with Crippen LogP contribution in [-0.2, 0) is 11.3 Å². The first-order valence-electron chi connectivity index (χ1n) is 5.73. The molecule has 8 heteroatoms. The van der Waals surface area contributed by atoms with Crippen molar-refractivity contribution < 1.29 is 14.7 Å². The van der Waals surface area contributed by atoms with Crippen molar-refractivity contribution in [1.82, 2.24) is 14.8 Å². The van der Waals surface area contributed by atoms with Gasteiger partial charge in [0.2, 0.25) is 0 Å². The second-order valence-electron chi connectivity index (χ2n) is 3.90. The lowest BCUT2D eigenvalue weighted by molar-refractivity contribution is -0.137. The minimum atomic E-state index is -0.943. The SMILES string of the molecule is O=C(O)CCn1nccc1C(=O)Nc1ccc(Br)cn1. The average Bonchev–Trinajstić information content (AvgIpc) is 2.87. The summed E-state index contributed by atoms with van der Waals surface area (Å²) in [7, 11) is 0. The number of nitrogens with zero attached hydrogens (tertiary/aromatic N) is 3. The molecule has 7 nitrogen and oxygen atoms in total. The molecule has 0 bridgehead atoms. The maximum atomic E-state index is 12.1. The molecule has 0 radical (unpaired) electrons. The summed E-state index contributed by atoms with van der Waals surface area (Å²) in [6.45, 7) is 0.138. The summed E-state index contributed by atoms with van der Waals surface area (Å²) in [5, 5.41) is 15.2. The van der Waals surface area contributed by atoms with Crippen LogP contribution >= 0.6 is 15.9 Å². The van der Waals surface area contributed by atoms with E-state index in [1.807, 2.05) is 0 Å². The summed E-state index contributed by atoms with van der Waals surface area (Å²) in [4.78, 5) is 26.6. The van der Waals surface area contributed by atoms with Crippen LogP contribution in [0.1, 0.15) is 16.9 Å². The number of aromatic nitrogens is 3. The summed E-state index contributed by atoms with van der Waals surface area (Å²) in [5.41, 5.74) is 0.288. The van der Waals surface area contributed by atoms with E-state index in [0.29, 0.717) is 5.82 Å². The zero-order chi connectivity index (χ0) is 14.5. The minimum absolute atomic E-state index is 0.0987. The molecule has 0 aromatic carbocycles. The van der Waals surface area contributed by atoms with Crippen LogP contribution in [0.2, 0.25) is 0 Å². The third kappa shape index (κ3) is 3.64. The zero-order valence-corrected chi connectivity index (χ0v) is 11.9. The second-order valence-corrected chi connectivity index (χ2v) is 4.81. The molecular formula is C12H11BrN4O3. The van der Waals surface area contributed by atoms with E-state index < -0.39 is 5.97 Å². The van der Waals surface area contributed by atoms with Crippen LogP contribution in [-0.4, -0.2) is 31.7 Å². The van der Waals surface area contributed by atoms with E-state index in [4.69, 9.17) is 5.11 Å². The van der Waals surface area contributed by atoms with Crippen LogP contribution in [0, 0.1) is 0 Å². The third-order valence-corrected chi connectivity index (χ3v) is 2.92. The van der Waals surface area contributed by atoms with Gasteiger partial charge >= 0.3 is 5.97 Å². The fourth-order valence-corrected chi connectivity index (χ4v) is 1.77. The van der Waals surface area contributed by atoms with Gasteiger partial charge in [0.05, 0.1) is 13.0 Å². The molecule has 0 aliphatic carbocycles. The topological polar surface area (TPSA) is 97.1 Å². The average molecular weight is 339 g/mol. The molecule has 2 rings (SSSR count). The number of carbonyl (C=O) groups excluding carboxylic acids is 1. The van der Waals surface area contributed by atoms with Crippen molar-refractivity contribution in [2.45, 2.75) is 13.0 Å². The van der Waals surface area contributed by atoms with Gasteiger partial charge in [-0.3, -0.25) is 14.3 Å². The number of carbonyl (C=O) groups is 2. The molecule has 0 aliphatic rings. The third-order valence-electron chi connectivity index (χ3n) is 2.46. The number of aryl methyl sites for hydroxylation is 1. The van der Waals surface area contributed by atoms with E-state index >= 15 is 0 Å². The molecular weight excluding hydrogens is 328 g/mol. The Morgan fingerprint density at radius 1 is 1.35 bits per heavy atom. The van der Waals surface area contributed by atoms with Crippen molar-refractivity contribution in [1.29, 1.82) is 0 Å². The number of amides is 1. The Morgan fingerprint density at radius 3 is 2.80 bits per heavy atom. The molecule has 20 heavy (non-hydrogen) atoms. The van der Waals surface area contributed by atoms with Crippen LogP contribution in [0.15, 0.2) is 35.1 Å². The fourth-order valence-electron chi connectivity index (χ4n) is 1.54. The van der Waals surface area contributed by atoms with E-state index in [0.717, 1.165) is 4.47 Å². The Bertz CT molecular complexity index is 624. The normalized spacial score (nSPS) is 10.2. The highest BCUT2D eigenvalue weighted by Gasteiger charge is 2.13. The number of carboxylic acid groups (broad SMARTS) is 1. The van der Waals surface area contributed by atoms with E-state index in [1.165, 1.54) is 16.9 Å². The quantitative estimate of drug-likeness (QED) is 0.865. The monoisotopic (exact) mass is 338 g/mol. The molecule has 2 heterocycles. The molecule has 0 aliphatic heterocycles. The van der Waals surface area contributed by atoms with Gasteiger partial charge in [-0.25, -0.2) is 4.98 Å². The molecule has 2 aromatic rings. The van der Waals surface area contributed by atoms with Gasteiger partial charge in [-0.05, 0) is 34.1 Å². The van der Waals surface area contributed by atoms with Crippen molar-refractivity contribution in [3.63, 3.8) is 0 Å². The lowest BCUT2D eigenvalue weighted by atomic mass is 10.3. The lowest BCUT2D eigenvalue weighted by Gasteiger charge is -2.07. The molecule has 1 amide bonds. The predicted octanol–water partition coefficient (Wildman–Crippen LogP) is 1.77. The van der Waals surface area contributed by atoms with Crippen molar-refractivity contribution in [2.75, 3.05) is 5.32 Å². The zero-order valence-electron chi connectivity index (χ0n) is 10.3. The minimum Gasteiger partial charge on any atom is -0.481 e. The first-order chi connectivity index (χ1) is 9.56. The number of hydrogen-bond acceptors (Lipinski definition) is 4. The summed E-state index contributed by atoms with van der Waals surface area (Å²) in [5.74, 6) is -0.923. The Morgan fingerprint density at radius 2 is 2.15 bits per heavy atom. The van der Waals surface area contributed by atoms with Gasteiger partial charge in [0.15, 0.2) is 0 Å². The van der Waals surface area contributed by atoms with Gasteiger partial charge in [-0.1, -0.05) is 0 Å². The fraction of sp³-hybridized carbons (Fsp3) is 0.167. The van der Waals surface area contributed by atoms with Crippen LogP contribution in [0.25, 0.3) is 0 Å². The second kappa shape index (κ2) is 6.29. The van der Waals surface area contributed by atoms with Gasteiger partial charge in [-0.15, -0.1) is 0 Å². The number of nitrogens with one attached hydrogen (secondary N) is 1. The number of hydrogen-bond donors (Lipinski definition) is 2.